The molecule has 1 aliphatic heterocycles. The predicted molar refractivity (Wildman–Crippen MR) is 177 cm³/mol. The van der Waals surface area contributed by atoms with E-state index in [0.29, 0.717) is 24.3 Å². The molecular formula is C37H30F6N2O7. The van der Waals surface area contributed by atoms with Crippen LogP contribution in [0.25, 0.3) is 5.70 Å². The lowest BCUT2D eigenvalue weighted by Crippen LogP contribution is -2.53. The molecule has 1 aliphatic rings. The summed E-state index contributed by atoms with van der Waals surface area (Å²) in [4.78, 5) is 60.9. The molecule has 52 heavy (non-hydrogen) atoms. The molecule has 4 rings (SSSR count). The second-order valence-corrected chi connectivity index (χ2v) is 11.8. The van der Waals surface area contributed by atoms with Crippen molar-refractivity contribution in [2.45, 2.75) is 51.9 Å². The first-order chi connectivity index (χ1) is 24.1. The fourth-order valence-corrected chi connectivity index (χ4v) is 5.45. The molecule has 3 N–H and O–H groups in total. The number of hydrogen-bond donors (Lipinski definition) is 3. The molecule has 0 aliphatic carbocycles. The summed E-state index contributed by atoms with van der Waals surface area (Å²) in [5, 5.41) is 15.3. The highest BCUT2D eigenvalue weighted by atomic mass is 19.4. The topological polar surface area (TPSA) is 139 Å². The number of hydrogen-bond acceptors (Lipinski definition) is 8. The van der Waals surface area contributed by atoms with Crippen LogP contribution in [0.4, 0.5) is 32.0 Å². The summed E-state index contributed by atoms with van der Waals surface area (Å²) in [6.07, 6.45) is -11.8. The standard InChI is InChI=1S/C37H30F6N2O7/c1-6-18(2)29(45-32(49)23-8-11-26-28(16-23)34(51)52-33(26)50)13-14-35(36(38,39)40,37(41,42)43)24-9-12-31(48)30(17-24)44-19(3)22-7-10-25(20(4)46)27(15-22)21(5)47/h6-13,15-17,44,48H,3,14H2,1-2,4-5H3,(H,45,49)/b18-6-,29-13+. The number of amides is 1. The number of phenols is 1. The third-order valence-corrected chi connectivity index (χ3v) is 8.49. The van der Waals surface area contributed by atoms with Crippen molar-refractivity contribution in [2.24, 2.45) is 0 Å². The van der Waals surface area contributed by atoms with Crippen LogP contribution in [0.1, 0.15) is 97.0 Å². The minimum Gasteiger partial charge on any atom is -0.506 e. The lowest BCUT2D eigenvalue weighted by Gasteiger charge is -2.37. The SMILES string of the molecule is C=C(Nc1cc(C(C/C=C(NC(=O)c2ccc3c(c2)C(=O)OC3=O)\C(C)=C/C)(C(F)(F)F)C(F)(F)F)ccc1O)c1ccc(C(C)=O)c(C(C)=O)c1. The molecule has 3 aromatic rings. The number of alkyl halides is 6. The lowest BCUT2D eigenvalue weighted by atomic mass is 9.75. The Bertz CT molecular complexity index is 2080. The summed E-state index contributed by atoms with van der Waals surface area (Å²) in [5.74, 6) is -4.64. The summed E-state index contributed by atoms with van der Waals surface area (Å²) >= 11 is 0. The molecule has 272 valence electrons. The number of allylic oxidation sites excluding steroid dienone is 3. The van der Waals surface area contributed by atoms with Crippen LogP contribution in [-0.4, -0.2) is 46.9 Å². The third-order valence-electron chi connectivity index (χ3n) is 8.49. The molecule has 1 heterocycles. The van der Waals surface area contributed by atoms with Gasteiger partial charge >= 0.3 is 24.3 Å². The first-order valence-corrected chi connectivity index (χ1v) is 15.3. The molecule has 0 aromatic heterocycles. The van der Waals surface area contributed by atoms with Crippen molar-refractivity contribution in [3.05, 3.63) is 124 Å². The highest BCUT2D eigenvalue weighted by Crippen LogP contribution is 2.55. The van der Waals surface area contributed by atoms with E-state index in [2.05, 4.69) is 21.9 Å². The predicted octanol–water partition coefficient (Wildman–Crippen LogP) is 8.22. The minimum atomic E-state index is -5.99. The van der Waals surface area contributed by atoms with E-state index in [1.54, 1.807) is 0 Å². The Labute approximate surface area is 292 Å². The van der Waals surface area contributed by atoms with Crippen LogP contribution in [0.2, 0.25) is 0 Å². The van der Waals surface area contributed by atoms with Gasteiger partial charge in [-0.3, -0.25) is 14.4 Å². The van der Waals surface area contributed by atoms with E-state index in [1.807, 2.05) is 0 Å². The average Bonchev–Trinajstić information content (AvgIpc) is 3.35. The highest BCUT2D eigenvalue weighted by molar-refractivity contribution is 6.15. The van der Waals surface area contributed by atoms with E-state index in [1.165, 1.54) is 52.0 Å². The van der Waals surface area contributed by atoms with Gasteiger partial charge in [0.2, 0.25) is 0 Å². The normalized spacial score (nSPS) is 13.7. The van der Waals surface area contributed by atoms with Crippen molar-refractivity contribution >= 4 is 40.8 Å². The number of rotatable bonds is 11. The number of nitrogens with one attached hydrogen (secondary N) is 2. The van der Waals surface area contributed by atoms with E-state index < -0.39 is 76.3 Å². The number of benzene rings is 3. The van der Waals surface area contributed by atoms with Gasteiger partial charge in [0.15, 0.2) is 17.0 Å². The van der Waals surface area contributed by atoms with Crippen LogP contribution in [0.15, 0.2) is 84.6 Å². The van der Waals surface area contributed by atoms with Crippen molar-refractivity contribution < 1.29 is 60.2 Å². The molecule has 0 fully saturated rings. The van der Waals surface area contributed by atoms with E-state index in [0.717, 1.165) is 18.2 Å². The Balaban J connectivity index is 1.76. The number of phenolic OH excluding ortho intramolecular Hbond substituents is 1. The maximum Gasteiger partial charge on any atom is 0.407 e. The number of esters is 2. The molecule has 1 amide bonds. The average molecular weight is 729 g/mol. The maximum atomic E-state index is 14.9. The third kappa shape index (κ3) is 7.38. The van der Waals surface area contributed by atoms with Crippen molar-refractivity contribution in [3.8, 4) is 5.75 Å². The lowest BCUT2D eigenvalue weighted by molar-refractivity contribution is -0.302. The van der Waals surface area contributed by atoms with Gasteiger partial charge in [0.1, 0.15) is 5.75 Å². The van der Waals surface area contributed by atoms with E-state index >= 15 is 0 Å². The number of Topliss-reactive ketones (excluding diaryl/α,β-unsaturated/α-hetero) is 2. The molecule has 0 unspecified atom stereocenters. The van der Waals surface area contributed by atoms with Crippen molar-refractivity contribution in [3.63, 3.8) is 0 Å². The van der Waals surface area contributed by atoms with Gasteiger partial charge in [0.05, 0.1) is 16.8 Å². The van der Waals surface area contributed by atoms with E-state index in [4.69, 9.17) is 0 Å². The molecule has 0 saturated heterocycles. The summed E-state index contributed by atoms with van der Waals surface area (Å²) in [7, 11) is 0. The van der Waals surface area contributed by atoms with Crippen LogP contribution in [0.3, 0.4) is 0 Å². The number of fused-ring (bicyclic) bond motifs is 1. The summed E-state index contributed by atoms with van der Waals surface area (Å²) in [5.41, 5.74) is -7.32. The first-order valence-electron chi connectivity index (χ1n) is 15.3. The summed E-state index contributed by atoms with van der Waals surface area (Å²) in [6, 6.07) is 8.77. The van der Waals surface area contributed by atoms with Crippen LogP contribution >= 0.6 is 0 Å². The largest absolute Gasteiger partial charge is 0.506 e. The van der Waals surface area contributed by atoms with Crippen LogP contribution in [0.5, 0.6) is 5.75 Å². The molecule has 3 aromatic carbocycles. The Morgan fingerprint density at radius 2 is 1.40 bits per heavy atom. The molecule has 0 saturated carbocycles. The number of carbonyl (C=O) groups excluding carboxylic acids is 5. The van der Waals surface area contributed by atoms with E-state index in [-0.39, 0.29) is 44.7 Å². The van der Waals surface area contributed by atoms with Gasteiger partial charge in [-0.15, -0.1) is 0 Å². The van der Waals surface area contributed by atoms with Crippen molar-refractivity contribution in [1.29, 1.82) is 0 Å². The molecule has 0 bridgehead atoms. The number of aromatic hydroxyl groups is 1. The molecule has 15 heteroatoms. The second-order valence-electron chi connectivity index (χ2n) is 11.8. The van der Waals surface area contributed by atoms with E-state index in [9.17, 15) is 55.4 Å². The number of cyclic esters (lactones) is 2. The van der Waals surface area contributed by atoms with Gasteiger partial charge in [-0.05, 0) is 87.2 Å². The molecule has 0 atom stereocenters. The van der Waals surface area contributed by atoms with Crippen molar-refractivity contribution in [2.75, 3.05) is 5.32 Å². The summed E-state index contributed by atoms with van der Waals surface area (Å²) in [6.45, 7) is 8.93. The van der Waals surface area contributed by atoms with Crippen molar-refractivity contribution in [1.82, 2.24) is 5.32 Å². The van der Waals surface area contributed by atoms with Crippen LogP contribution in [-0.2, 0) is 10.2 Å². The fraction of sp³-hybridized carbons (Fsp3) is 0.216. The number of anilines is 1. The smallest absolute Gasteiger partial charge is 0.407 e. The molecular weight excluding hydrogens is 698 g/mol. The highest BCUT2D eigenvalue weighted by Gasteiger charge is 2.71. The maximum absolute atomic E-state index is 14.9. The first kappa shape index (κ1) is 38.8. The Morgan fingerprint density at radius 3 is 1.98 bits per heavy atom. The number of ether oxygens (including phenoxy) is 1. The zero-order chi connectivity index (χ0) is 38.9. The van der Waals surface area contributed by atoms with Gasteiger partial charge in [-0.2, -0.15) is 26.3 Å². The van der Waals surface area contributed by atoms with Gasteiger partial charge in [0, 0.05) is 28.1 Å². The minimum absolute atomic E-state index is 0.000956. The second kappa shape index (κ2) is 14.3. The van der Waals surface area contributed by atoms with Gasteiger partial charge in [-0.1, -0.05) is 36.9 Å². The Kier molecular flexibility index (Phi) is 10.7. The Hall–Kier alpha value is -5.99. The molecule has 0 spiro atoms. The quantitative estimate of drug-likeness (QED) is 0.0449. The molecule has 9 nitrogen and oxygen atoms in total. The van der Waals surface area contributed by atoms with Crippen LogP contribution < -0.4 is 10.6 Å². The van der Waals surface area contributed by atoms with Crippen LogP contribution in [0, 0.1) is 0 Å². The Morgan fingerprint density at radius 1 is 0.808 bits per heavy atom. The number of ketones is 2. The fourth-order valence-electron chi connectivity index (χ4n) is 5.45. The molecule has 0 radical (unpaired) electrons. The number of carbonyl (C=O) groups is 5. The monoisotopic (exact) mass is 728 g/mol. The zero-order valence-corrected chi connectivity index (χ0v) is 27.9. The van der Waals surface area contributed by atoms with Gasteiger partial charge in [-0.25, -0.2) is 9.59 Å². The number of halogens is 6. The van der Waals surface area contributed by atoms with Gasteiger partial charge < -0.3 is 20.5 Å². The zero-order valence-electron chi connectivity index (χ0n) is 27.9. The summed E-state index contributed by atoms with van der Waals surface area (Å²) < 4.78 is 94.0. The van der Waals surface area contributed by atoms with Gasteiger partial charge in [0.25, 0.3) is 5.91 Å².